The van der Waals surface area contributed by atoms with Crippen molar-refractivity contribution < 1.29 is 14.3 Å². The summed E-state index contributed by atoms with van der Waals surface area (Å²) in [7, 11) is 1.29. The molecule has 1 aromatic heterocycles. The zero-order valence-corrected chi connectivity index (χ0v) is 13.3. The van der Waals surface area contributed by atoms with Crippen LogP contribution in [-0.2, 0) is 17.7 Å². The molecule has 8 nitrogen and oxygen atoms in total. The highest BCUT2D eigenvalue weighted by molar-refractivity contribution is 5.91. The lowest BCUT2D eigenvalue weighted by molar-refractivity contribution is 0.187. The van der Waals surface area contributed by atoms with E-state index < -0.39 is 6.09 Å². The molecule has 3 N–H and O–H groups in total. The summed E-state index contributed by atoms with van der Waals surface area (Å²) < 4.78 is 6.59. The highest BCUT2D eigenvalue weighted by Crippen LogP contribution is 2.16. The van der Waals surface area contributed by atoms with E-state index in [0.29, 0.717) is 17.9 Å². The fourth-order valence-electron chi connectivity index (χ4n) is 2.68. The molecule has 0 radical (unpaired) electrons. The number of amides is 3. The van der Waals surface area contributed by atoms with E-state index in [9.17, 15) is 9.59 Å². The van der Waals surface area contributed by atoms with Crippen LogP contribution in [0.1, 0.15) is 12.2 Å². The fourth-order valence-corrected chi connectivity index (χ4v) is 2.68. The molecule has 1 atom stereocenters. The Kier molecular flexibility index (Phi) is 4.64. The Bertz CT molecular complexity index is 743. The number of carbonyl (C=O) groups is 2. The molecular formula is C16H19N5O3. The van der Waals surface area contributed by atoms with Crippen LogP contribution < -0.4 is 16.0 Å². The molecule has 3 amide bonds. The molecule has 0 saturated heterocycles. The molecule has 2 heterocycles. The van der Waals surface area contributed by atoms with Gasteiger partial charge in [-0.05, 0) is 24.6 Å². The molecule has 3 rings (SSSR count). The molecule has 0 spiro atoms. The van der Waals surface area contributed by atoms with Crippen LogP contribution in [0.3, 0.4) is 0 Å². The number of nitrogens with zero attached hydrogens (tertiary/aromatic N) is 2. The minimum absolute atomic E-state index is 0.0584. The first-order valence-electron chi connectivity index (χ1n) is 7.66. The molecule has 8 heteroatoms. The van der Waals surface area contributed by atoms with Gasteiger partial charge in [0.1, 0.15) is 5.82 Å². The monoisotopic (exact) mass is 329 g/mol. The Balaban J connectivity index is 1.55. The van der Waals surface area contributed by atoms with Gasteiger partial charge in [-0.25, -0.2) is 14.6 Å². The van der Waals surface area contributed by atoms with Crippen molar-refractivity contribution in [3.63, 3.8) is 0 Å². The molecule has 0 aliphatic carbocycles. The van der Waals surface area contributed by atoms with Gasteiger partial charge in [0.2, 0.25) is 0 Å². The smallest absolute Gasteiger partial charge is 0.411 e. The van der Waals surface area contributed by atoms with E-state index in [-0.39, 0.29) is 12.1 Å². The number of rotatable bonds is 3. The number of aryl methyl sites for hydroxylation is 1. The normalized spacial score (nSPS) is 16.0. The first kappa shape index (κ1) is 15.9. The Morgan fingerprint density at radius 1 is 1.29 bits per heavy atom. The zero-order valence-electron chi connectivity index (χ0n) is 13.3. The van der Waals surface area contributed by atoms with Crippen LogP contribution >= 0.6 is 0 Å². The van der Waals surface area contributed by atoms with Gasteiger partial charge < -0.3 is 19.9 Å². The number of benzene rings is 1. The summed E-state index contributed by atoms with van der Waals surface area (Å²) in [5.74, 6) is 1.05. The van der Waals surface area contributed by atoms with Crippen molar-refractivity contribution >= 4 is 23.5 Å². The van der Waals surface area contributed by atoms with Gasteiger partial charge in [-0.3, -0.25) is 5.32 Å². The van der Waals surface area contributed by atoms with Crippen molar-refractivity contribution in [3.8, 4) is 0 Å². The number of fused-ring (bicyclic) bond motifs is 1. The number of anilines is 2. The summed E-state index contributed by atoms with van der Waals surface area (Å²) in [6, 6.07) is 6.63. The Hall–Kier alpha value is -3.03. The first-order chi connectivity index (χ1) is 11.6. The van der Waals surface area contributed by atoms with E-state index >= 15 is 0 Å². The molecule has 0 saturated carbocycles. The number of urea groups is 1. The highest BCUT2D eigenvalue weighted by Gasteiger charge is 2.20. The van der Waals surface area contributed by atoms with Gasteiger partial charge in [0.15, 0.2) is 0 Å². The highest BCUT2D eigenvalue weighted by atomic mass is 16.5. The van der Waals surface area contributed by atoms with Crippen molar-refractivity contribution in [1.82, 2.24) is 14.9 Å². The summed E-state index contributed by atoms with van der Waals surface area (Å²) in [5.41, 5.74) is 1.13. The lowest BCUT2D eigenvalue weighted by Gasteiger charge is -2.24. The van der Waals surface area contributed by atoms with Gasteiger partial charge in [-0.1, -0.05) is 6.07 Å². The van der Waals surface area contributed by atoms with Gasteiger partial charge in [0, 0.05) is 42.8 Å². The minimum atomic E-state index is -0.560. The third kappa shape index (κ3) is 3.83. The molecule has 126 valence electrons. The predicted molar refractivity (Wildman–Crippen MR) is 89.0 cm³/mol. The van der Waals surface area contributed by atoms with Crippen LogP contribution in [0, 0.1) is 0 Å². The number of carbonyl (C=O) groups excluding carboxylic acids is 2. The summed E-state index contributed by atoms with van der Waals surface area (Å²) >= 11 is 0. The second-order valence-corrected chi connectivity index (χ2v) is 5.53. The van der Waals surface area contributed by atoms with Crippen LogP contribution in [-0.4, -0.2) is 34.8 Å². The average molecular weight is 329 g/mol. The number of hydrogen-bond acceptors (Lipinski definition) is 4. The molecule has 0 fully saturated rings. The molecule has 2 aromatic rings. The molecule has 24 heavy (non-hydrogen) atoms. The van der Waals surface area contributed by atoms with Crippen molar-refractivity contribution in [1.29, 1.82) is 0 Å². The predicted octanol–water partition coefficient (Wildman–Crippen LogP) is 2.20. The van der Waals surface area contributed by atoms with Gasteiger partial charge in [-0.15, -0.1) is 0 Å². The standard InChI is InChI=1S/C16H19N5O3/c1-24-16(23)20-12-4-2-3-11(9-12)18-15(22)19-13-5-6-14-17-7-8-21(14)10-13/h2-4,7-9,13H,5-6,10H2,1H3,(H,20,23)(H2,18,19,22). The van der Waals surface area contributed by atoms with E-state index in [1.165, 1.54) is 7.11 Å². The summed E-state index contributed by atoms with van der Waals surface area (Å²) in [6.45, 7) is 0.715. The van der Waals surface area contributed by atoms with Crippen LogP contribution in [0.2, 0.25) is 0 Å². The number of hydrogen-bond donors (Lipinski definition) is 3. The maximum absolute atomic E-state index is 12.2. The van der Waals surface area contributed by atoms with Crippen molar-refractivity contribution in [2.75, 3.05) is 17.7 Å². The van der Waals surface area contributed by atoms with Crippen LogP contribution in [0.15, 0.2) is 36.7 Å². The Morgan fingerprint density at radius 2 is 2.08 bits per heavy atom. The van der Waals surface area contributed by atoms with Crippen molar-refractivity contribution in [2.45, 2.75) is 25.4 Å². The number of nitrogens with one attached hydrogen (secondary N) is 3. The van der Waals surface area contributed by atoms with Gasteiger partial charge in [-0.2, -0.15) is 0 Å². The summed E-state index contributed by atoms with van der Waals surface area (Å²) in [4.78, 5) is 27.6. The third-order valence-corrected chi connectivity index (χ3v) is 3.82. The SMILES string of the molecule is COC(=O)Nc1cccc(NC(=O)NC2CCc3nccn3C2)c1. The van der Waals surface area contributed by atoms with Crippen molar-refractivity contribution in [2.24, 2.45) is 0 Å². The number of imidazole rings is 1. The molecular weight excluding hydrogens is 310 g/mol. The van der Waals surface area contributed by atoms with E-state index in [2.05, 4.69) is 30.2 Å². The number of methoxy groups -OCH3 is 1. The quantitative estimate of drug-likeness (QED) is 0.804. The largest absolute Gasteiger partial charge is 0.453 e. The van der Waals surface area contributed by atoms with E-state index in [1.807, 2.05) is 6.20 Å². The lowest BCUT2D eigenvalue weighted by Crippen LogP contribution is -2.42. The minimum Gasteiger partial charge on any atom is -0.453 e. The van der Waals surface area contributed by atoms with E-state index in [1.54, 1.807) is 30.5 Å². The van der Waals surface area contributed by atoms with Crippen molar-refractivity contribution in [3.05, 3.63) is 42.5 Å². The number of ether oxygens (including phenoxy) is 1. The van der Waals surface area contributed by atoms with Gasteiger partial charge in [0.25, 0.3) is 0 Å². The maximum Gasteiger partial charge on any atom is 0.411 e. The van der Waals surface area contributed by atoms with Crippen LogP contribution in [0.25, 0.3) is 0 Å². The second-order valence-electron chi connectivity index (χ2n) is 5.53. The maximum atomic E-state index is 12.2. The number of aromatic nitrogens is 2. The van der Waals surface area contributed by atoms with E-state index in [0.717, 1.165) is 18.7 Å². The van der Waals surface area contributed by atoms with Gasteiger partial charge in [0.05, 0.1) is 7.11 Å². The second kappa shape index (κ2) is 7.03. The Morgan fingerprint density at radius 3 is 2.88 bits per heavy atom. The zero-order chi connectivity index (χ0) is 16.9. The fraction of sp³-hybridized carbons (Fsp3) is 0.312. The average Bonchev–Trinajstić information content (AvgIpc) is 3.02. The molecule has 1 aliphatic rings. The molecule has 1 aromatic carbocycles. The summed E-state index contributed by atoms with van der Waals surface area (Å²) in [6.07, 6.45) is 4.83. The van der Waals surface area contributed by atoms with Crippen LogP contribution in [0.5, 0.6) is 0 Å². The summed E-state index contributed by atoms with van der Waals surface area (Å²) in [5, 5.41) is 8.28. The molecule has 1 aliphatic heterocycles. The molecule has 1 unspecified atom stereocenters. The topological polar surface area (TPSA) is 97.3 Å². The Labute approximate surface area is 139 Å². The van der Waals surface area contributed by atoms with Gasteiger partial charge >= 0.3 is 12.1 Å². The first-order valence-corrected chi connectivity index (χ1v) is 7.66. The third-order valence-electron chi connectivity index (χ3n) is 3.82. The van der Waals surface area contributed by atoms with E-state index in [4.69, 9.17) is 0 Å². The molecule has 0 bridgehead atoms. The van der Waals surface area contributed by atoms with Crippen LogP contribution in [0.4, 0.5) is 21.0 Å². The lowest BCUT2D eigenvalue weighted by atomic mass is 10.1.